The minimum absolute atomic E-state index is 0.0723. The average Bonchev–Trinajstić information content (AvgIpc) is 3.01. The molecule has 0 aromatic heterocycles. The van der Waals surface area contributed by atoms with Gasteiger partial charge in [0.1, 0.15) is 0 Å². The molecule has 19 heavy (non-hydrogen) atoms. The van der Waals surface area contributed by atoms with Gasteiger partial charge in [0.15, 0.2) is 5.78 Å². The van der Waals surface area contributed by atoms with E-state index in [4.69, 9.17) is 0 Å². The van der Waals surface area contributed by atoms with E-state index < -0.39 is 0 Å². The SMILES string of the molecule is O=C(c1ccccc1)c1ccccc1C1CN=NC1. The summed E-state index contributed by atoms with van der Waals surface area (Å²) in [5.41, 5.74) is 2.55. The molecular weight excluding hydrogens is 236 g/mol. The van der Waals surface area contributed by atoms with Gasteiger partial charge in [-0.25, -0.2) is 0 Å². The van der Waals surface area contributed by atoms with Crippen LogP contribution in [-0.4, -0.2) is 18.9 Å². The number of carbonyl (C=O) groups excluding carboxylic acids is 1. The van der Waals surface area contributed by atoms with Gasteiger partial charge in [0.05, 0.1) is 13.1 Å². The number of carbonyl (C=O) groups is 1. The normalized spacial score (nSPS) is 14.7. The average molecular weight is 250 g/mol. The van der Waals surface area contributed by atoms with E-state index in [1.54, 1.807) is 0 Å². The van der Waals surface area contributed by atoms with E-state index >= 15 is 0 Å². The van der Waals surface area contributed by atoms with Crippen LogP contribution in [0.15, 0.2) is 64.8 Å². The van der Waals surface area contributed by atoms with Crippen molar-refractivity contribution in [2.45, 2.75) is 5.92 Å². The van der Waals surface area contributed by atoms with Crippen LogP contribution in [0.4, 0.5) is 0 Å². The number of benzene rings is 2. The third-order valence-electron chi connectivity index (χ3n) is 3.39. The van der Waals surface area contributed by atoms with Crippen molar-refractivity contribution in [2.24, 2.45) is 10.2 Å². The Morgan fingerprint density at radius 3 is 2.26 bits per heavy atom. The van der Waals surface area contributed by atoms with Gasteiger partial charge in [0.25, 0.3) is 0 Å². The maximum atomic E-state index is 12.6. The van der Waals surface area contributed by atoms with Crippen LogP contribution >= 0.6 is 0 Å². The molecule has 1 heterocycles. The highest BCUT2D eigenvalue weighted by atomic mass is 16.1. The minimum Gasteiger partial charge on any atom is -0.289 e. The second-order valence-corrected chi connectivity index (χ2v) is 4.63. The highest BCUT2D eigenvalue weighted by molar-refractivity contribution is 6.10. The molecule has 0 spiro atoms. The molecule has 0 amide bonds. The monoisotopic (exact) mass is 250 g/mol. The molecule has 3 rings (SSSR count). The first kappa shape index (κ1) is 11.8. The lowest BCUT2D eigenvalue weighted by atomic mass is 9.90. The fourth-order valence-electron chi connectivity index (χ4n) is 2.37. The molecule has 0 fully saturated rings. The van der Waals surface area contributed by atoms with Gasteiger partial charge in [-0.3, -0.25) is 4.79 Å². The van der Waals surface area contributed by atoms with E-state index in [1.165, 1.54) is 0 Å². The van der Waals surface area contributed by atoms with Crippen molar-refractivity contribution in [3.8, 4) is 0 Å². The van der Waals surface area contributed by atoms with Crippen molar-refractivity contribution in [2.75, 3.05) is 13.1 Å². The summed E-state index contributed by atoms with van der Waals surface area (Å²) >= 11 is 0. The van der Waals surface area contributed by atoms with Gasteiger partial charge in [0, 0.05) is 17.0 Å². The Morgan fingerprint density at radius 1 is 0.895 bits per heavy atom. The van der Waals surface area contributed by atoms with Crippen LogP contribution in [0.3, 0.4) is 0 Å². The van der Waals surface area contributed by atoms with Crippen molar-refractivity contribution in [3.05, 3.63) is 71.3 Å². The van der Waals surface area contributed by atoms with Gasteiger partial charge in [0.2, 0.25) is 0 Å². The molecule has 94 valence electrons. The topological polar surface area (TPSA) is 41.8 Å². The summed E-state index contributed by atoms with van der Waals surface area (Å²) in [6.45, 7) is 1.36. The predicted octanol–water partition coefficient (Wildman–Crippen LogP) is 3.47. The third-order valence-corrected chi connectivity index (χ3v) is 3.39. The number of ketones is 1. The summed E-state index contributed by atoms with van der Waals surface area (Å²) in [4.78, 5) is 12.6. The smallest absolute Gasteiger partial charge is 0.193 e. The fraction of sp³-hybridized carbons (Fsp3) is 0.188. The van der Waals surface area contributed by atoms with E-state index in [-0.39, 0.29) is 11.7 Å². The first-order valence-electron chi connectivity index (χ1n) is 6.38. The van der Waals surface area contributed by atoms with E-state index in [9.17, 15) is 4.79 Å². The molecule has 3 nitrogen and oxygen atoms in total. The molecule has 1 aliphatic heterocycles. The fourth-order valence-corrected chi connectivity index (χ4v) is 2.37. The summed E-state index contributed by atoms with van der Waals surface area (Å²) in [5.74, 6) is 0.312. The Hall–Kier alpha value is -2.29. The Kier molecular flexibility index (Phi) is 3.19. The van der Waals surface area contributed by atoms with Crippen LogP contribution in [0.1, 0.15) is 27.4 Å². The number of azo groups is 1. The number of hydrogen-bond acceptors (Lipinski definition) is 3. The van der Waals surface area contributed by atoms with Crippen molar-refractivity contribution < 1.29 is 4.79 Å². The number of rotatable bonds is 3. The summed E-state index contributed by atoms with van der Waals surface area (Å²) < 4.78 is 0. The molecule has 1 aliphatic rings. The zero-order valence-corrected chi connectivity index (χ0v) is 10.5. The molecule has 0 saturated heterocycles. The van der Waals surface area contributed by atoms with Gasteiger partial charge >= 0.3 is 0 Å². The van der Waals surface area contributed by atoms with Gasteiger partial charge in [-0.05, 0) is 5.56 Å². The second kappa shape index (κ2) is 5.14. The zero-order chi connectivity index (χ0) is 13.1. The van der Waals surface area contributed by atoms with E-state index in [2.05, 4.69) is 10.2 Å². The molecule has 0 aliphatic carbocycles. The van der Waals surface area contributed by atoms with Crippen molar-refractivity contribution in [3.63, 3.8) is 0 Å². The van der Waals surface area contributed by atoms with Crippen molar-refractivity contribution >= 4 is 5.78 Å². The van der Waals surface area contributed by atoms with Crippen LogP contribution in [0.5, 0.6) is 0 Å². The molecule has 2 aromatic carbocycles. The second-order valence-electron chi connectivity index (χ2n) is 4.63. The molecule has 0 N–H and O–H groups in total. The van der Waals surface area contributed by atoms with Gasteiger partial charge in [-0.1, -0.05) is 54.6 Å². The Morgan fingerprint density at radius 2 is 1.53 bits per heavy atom. The molecule has 0 bridgehead atoms. The number of hydrogen-bond donors (Lipinski definition) is 0. The van der Waals surface area contributed by atoms with Crippen LogP contribution in [-0.2, 0) is 0 Å². The van der Waals surface area contributed by atoms with E-state index in [0.717, 1.165) is 16.7 Å². The lowest BCUT2D eigenvalue weighted by Gasteiger charge is -2.12. The molecule has 0 radical (unpaired) electrons. The Balaban J connectivity index is 1.99. The van der Waals surface area contributed by atoms with Crippen LogP contribution < -0.4 is 0 Å². The standard InChI is InChI=1S/C16H14N2O/c19-16(12-6-2-1-3-7-12)15-9-5-4-8-14(15)13-10-17-18-11-13/h1-9,13H,10-11H2. The van der Waals surface area contributed by atoms with Gasteiger partial charge in [-0.15, -0.1) is 0 Å². The molecule has 0 saturated carbocycles. The molecular formula is C16H14N2O. The van der Waals surface area contributed by atoms with Crippen molar-refractivity contribution in [1.29, 1.82) is 0 Å². The van der Waals surface area contributed by atoms with E-state index in [1.807, 2.05) is 54.6 Å². The Bertz CT molecular complexity index is 612. The first-order chi connectivity index (χ1) is 9.36. The highest BCUT2D eigenvalue weighted by Gasteiger charge is 2.21. The van der Waals surface area contributed by atoms with E-state index in [0.29, 0.717) is 13.1 Å². The predicted molar refractivity (Wildman–Crippen MR) is 73.6 cm³/mol. The van der Waals surface area contributed by atoms with Gasteiger partial charge < -0.3 is 0 Å². The van der Waals surface area contributed by atoms with Gasteiger partial charge in [-0.2, -0.15) is 10.2 Å². The zero-order valence-electron chi connectivity index (χ0n) is 10.5. The Labute approximate surface area is 112 Å². The summed E-state index contributed by atoms with van der Waals surface area (Å²) in [7, 11) is 0. The maximum Gasteiger partial charge on any atom is 0.193 e. The largest absolute Gasteiger partial charge is 0.289 e. The number of nitrogens with zero attached hydrogens (tertiary/aromatic N) is 2. The summed E-state index contributed by atoms with van der Waals surface area (Å²) in [5, 5.41) is 8.06. The van der Waals surface area contributed by atoms with Crippen LogP contribution in [0.25, 0.3) is 0 Å². The van der Waals surface area contributed by atoms with Crippen LogP contribution in [0.2, 0.25) is 0 Å². The summed E-state index contributed by atoms with van der Waals surface area (Å²) in [6.07, 6.45) is 0. The quantitative estimate of drug-likeness (QED) is 0.769. The lowest BCUT2D eigenvalue weighted by molar-refractivity contribution is 0.103. The van der Waals surface area contributed by atoms with Crippen molar-refractivity contribution in [1.82, 2.24) is 0 Å². The molecule has 0 atom stereocenters. The maximum absolute atomic E-state index is 12.6. The minimum atomic E-state index is 0.0723. The summed E-state index contributed by atoms with van der Waals surface area (Å²) in [6, 6.07) is 17.2. The molecule has 0 unspecified atom stereocenters. The first-order valence-corrected chi connectivity index (χ1v) is 6.38. The molecule has 2 aromatic rings. The lowest BCUT2D eigenvalue weighted by Crippen LogP contribution is -2.10. The third kappa shape index (κ3) is 2.32. The molecule has 3 heteroatoms. The highest BCUT2D eigenvalue weighted by Crippen LogP contribution is 2.26. The van der Waals surface area contributed by atoms with Crippen LogP contribution in [0, 0.1) is 0 Å².